The van der Waals surface area contributed by atoms with Crippen LogP contribution in [0, 0.1) is 11.8 Å². The number of methoxy groups -OCH3 is 2. The molecule has 0 rings (SSSR count). The second-order valence-corrected chi connectivity index (χ2v) is 20.9. The standard InChI is InChI=1S/C30H63NO3.2C16H32O/c1-33-29-23-17-13-9-5-3-7-11-15-19-25-31(27-21-22-28-32)26-20-16-12-8-4-6-10-14-18-24-30-34-2;2*1-3-5-7-9-10-12-14-16(15-17)13-11-8-6-4-2/h32H,3-30H2,1-2H3;2*15-16H,3-14H2,1-2H3. The number of rotatable bonds is 56. The Kier molecular flexibility index (Phi) is 71.7. The highest BCUT2D eigenvalue weighted by atomic mass is 16.5. The summed E-state index contributed by atoms with van der Waals surface area (Å²) in [5.74, 6) is 0.691. The van der Waals surface area contributed by atoms with Gasteiger partial charge in [0.05, 0.1) is 0 Å². The summed E-state index contributed by atoms with van der Waals surface area (Å²) in [6.07, 6.45) is 62.7. The summed E-state index contributed by atoms with van der Waals surface area (Å²) in [7, 11) is 3.59. The molecular weight excluding hydrogens is 839 g/mol. The van der Waals surface area contributed by atoms with E-state index >= 15 is 0 Å². The van der Waals surface area contributed by atoms with Gasteiger partial charge in [0, 0.05) is 45.9 Å². The fraction of sp³-hybridized carbons (Fsp3) is 0.968. The van der Waals surface area contributed by atoms with E-state index in [-0.39, 0.29) is 0 Å². The van der Waals surface area contributed by atoms with Gasteiger partial charge in [0.2, 0.25) is 0 Å². The molecule has 410 valence electrons. The number of hydrogen-bond acceptors (Lipinski definition) is 6. The smallest absolute Gasteiger partial charge is 0.123 e. The molecule has 0 radical (unpaired) electrons. The van der Waals surface area contributed by atoms with Gasteiger partial charge in [-0.15, -0.1) is 0 Å². The average Bonchev–Trinajstić information content (AvgIpc) is 3.35. The quantitative estimate of drug-likeness (QED) is 0.0483. The van der Waals surface area contributed by atoms with Gasteiger partial charge in [0.25, 0.3) is 0 Å². The van der Waals surface area contributed by atoms with E-state index in [0.717, 1.165) is 51.7 Å². The molecule has 0 aliphatic rings. The van der Waals surface area contributed by atoms with E-state index in [2.05, 4.69) is 32.6 Å². The van der Waals surface area contributed by atoms with Crippen molar-refractivity contribution in [2.45, 2.75) is 323 Å². The average molecular weight is 967 g/mol. The molecule has 0 fully saturated rings. The SMILES string of the molecule is CCCCCCCCC(C=O)CCCCCC.CCCCCCCCC(C=O)CCCCCC.COCCCCCCCCCCCCN(CCCCO)CCCCCCCCCCCCOC. The number of carbonyl (C=O) groups is 2. The predicted octanol–water partition coefficient (Wildman–Crippen LogP) is 19.2. The number of carbonyl (C=O) groups excluding carboxylic acids is 2. The minimum atomic E-state index is 0.340. The lowest BCUT2D eigenvalue weighted by Gasteiger charge is -2.22. The Hall–Kier alpha value is -0.820. The number of hydrogen-bond donors (Lipinski definition) is 1. The number of ether oxygens (including phenoxy) is 2. The Labute approximate surface area is 428 Å². The van der Waals surface area contributed by atoms with Crippen LogP contribution in [-0.4, -0.2) is 76.3 Å². The summed E-state index contributed by atoms with van der Waals surface area (Å²) in [5.41, 5.74) is 0. The van der Waals surface area contributed by atoms with Crippen LogP contribution >= 0.6 is 0 Å². The summed E-state index contributed by atoms with van der Waals surface area (Å²) in [6, 6.07) is 0. The minimum absolute atomic E-state index is 0.340. The highest BCUT2D eigenvalue weighted by Crippen LogP contribution is 2.19. The lowest BCUT2D eigenvalue weighted by molar-refractivity contribution is -0.112. The monoisotopic (exact) mass is 966 g/mol. The van der Waals surface area contributed by atoms with Crippen LogP contribution in [0.25, 0.3) is 0 Å². The zero-order chi connectivity index (χ0) is 50.3. The molecule has 0 aromatic rings. The minimum Gasteiger partial charge on any atom is -0.396 e. The fourth-order valence-corrected chi connectivity index (χ4v) is 9.38. The van der Waals surface area contributed by atoms with Gasteiger partial charge >= 0.3 is 0 Å². The highest BCUT2D eigenvalue weighted by Gasteiger charge is 2.08. The largest absolute Gasteiger partial charge is 0.396 e. The molecule has 0 bridgehead atoms. The van der Waals surface area contributed by atoms with Crippen molar-refractivity contribution in [3.63, 3.8) is 0 Å². The third-order valence-electron chi connectivity index (χ3n) is 14.1. The van der Waals surface area contributed by atoms with Gasteiger partial charge in [-0.25, -0.2) is 0 Å². The van der Waals surface area contributed by atoms with E-state index in [1.54, 1.807) is 14.2 Å². The van der Waals surface area contributed by atoms with E-state index < -0.39 is 0 Å². The van der Waals surface area contributed by atoms with Gasteiger partial charge in [-0.3, -0.25) is 0 Å². The molecule has 0 aliphatic carbocycles. The first kappa shape index (κ1) is 71.4. The summed E-state index contributed by atoms with van der Waals surface area (Å²) >= 11 is 0. The van der Waals surface area contributed by atoms with Crippen molar-refractivity contribution < 1.29 is 24.2 Å². The van der Waals surface area contributed by atoms with Crippen molar-refractivity contribution in [1.29, 1.82) is 0 Å². The van der Waals surface area contributed by atoms with E-state index in [9.17, 15) is 9.59 Å². The van der Waals surface area contributed by atoms with E-state index in [1.165, 1.54) is 289 Å². The molecule has 0 saturated heterocycles. The summed E-state index contributed by atoms with van der Waals surface area (Å²) in [4.78, 5) is 24.5. The van der Waals surface area contributed by atoms with Crippen LogP contribution in [0.4, 0.5) is 0 Å². The highest BCUT2D eigenvalue weighted by molar-refractivity contribution is 5.53. The van der Waals surface area contributed by atoms with Crippen molar-refractivity contribution in [3.05, 3.63) is 0 Å². The van der Waals surface area contributed by atoms with Crippen molar-refractivity contribution >= 4 is 12.6 Å². The lowest BCUT2D eigenvalue weighted by atomic mass is 9.95. The van der Waals surface area contributed by atoms with Gasteiger partial charge in [-0.05, 0) is 83.8 Å². The first-order valence-corrected chi connectivity index (χ1v) is 30.8. The first-order valence-electron chi connectivity index (χ1n) is 30.8. The summed E-state index contributed by atoms with van der Waals surface area (Å²) < 4.78 is 10.2. The molecule has 6 heteroatoms. The molecular formula is C62H127NO5. The molecule has 0 saturated carbocycles. The molecule has 6 nitrogen and oxygen atoms in total. The summed E-state index contributed by atoms with van der Waals surface area (Å²) in [6.45, 7) is 14.8. The molecule has 2 unspecified atom stereocenters. The molecule has 0 aromatic carbocycles. The van der Waals surface area contributed by atoms with Gasteiger partial charge in [-0.1, -0.05) is 259 Å². The topological polar surface area (TPSA) is 76.1 Å². The first-order chi connectivity index (χ1) is 33.5. The van der Waals surface area contributed by atoms with Crippen molar-refractivity contribution in [2.24, 2.45) is 11.8 Å². The Morgan fingerprint density at radius 3 is 0.794 bits per heavy atom. The van der Waals surface area contributed by atoms with Crippen LogP contribution in [0.5, 0.6) is 0 Å². The van der Waals surface area contributed by atoms with Crippen molar-refractivity contribution in [3.8, 4) is 0 Å². The van der Waals surface area contributed by atoms with E-state index in [4.69, 9.17) is 14.6 Å². The molecule has 0 amide bonds. The van der Waals surface area contributed by atoms with Crippen molar-refractivity contribution in [1.82, 2.24) is 4.90 Å². The third-order valence-corrected chi connectivity index (χ3v) is 14.1. The van der Waals surface area contributed by atoms with E-state index in [1.807, 2.05) is 0 Å². The predicted molar refractivity (Wildman–Crippen MR) is 301 cm³/mol. The lowest BCUT2D eigenvalue weighted by Crippen LogP contribution is -2.27. The number of unbranched alkanes of at least 4 members (excludes halogenated alkanes) is 35. The summed E-state index contributed by atoms with van der Waals surface area (Å²) in [5, 5.41) is 9.13. The maximum atomic E-state index is 10.9. The van der Waals surface area contributed by atoms with Gasteiger partial charge < -0.3 is 29.1 Å². The van der Waals surface area contributed by atoms with E-state index in [0.29, 0.717) is 18.4 Å². The van der Waals surface area contributed by atoms with Crippen LogP contribution < -0.4 is 0 Å². The molecule has 2 atom stereocenters. The molecule has 68 heavy (non-hydrogen) atoms. The number of aliphatic hydroxyl groups excluding tert-OH is 1. The third kappa shape index (κ3) is 65.2. The van der Waals surface area contributed by atoms with Gasteiger partial charge in [-0.2, -0.15) is 0 Å². The Bertz CT molecular complexity index is 808. The van der Waals surface area contributed by atoms with Crippen LogP contribution in [-0.2, 0) is 19.1 Å². The number of aldehydes is 2. The van der Waals surface area contributed by atoms with Crippen LogP contribution in [0.15, 0.2) is 0 Å². The second-order valence-electron chi connectivity index (χ2n) is 20.9. The maximum absolute atomic E-state index is 10.9. The van der Waals surface area contributed by atoms with Crippen LogP contribution in [0.3, 0.4) is 0 Å². The molecule has 0 aliphatic heterocycles. The van der Waals surface area contributed by atoms with Gasteiger partial charge in [0.1, 0.15) is 12.6 Å². The Morgan fingerprint density at radius 1 is 0.324 bits per heavy atom. The number of nitrogens with zero attached hydrogens (tertiary/aromatic N) is 1. The van der Waals surface area contributed by atoms with Crippen LogP contribution in [0.2, 0.25) is 0 Å². The Morgan fingerprint density at radius 2 is 0.544 bits per heavy atom. The maximum Gasteiger partial charge on any atom is 0.123 e. The van der Waals surface area contributed by atoms with Crippen LogP contribution in [0.1, 0.15) is 323 Å². The molecule has 1 N–H and O–H groups in total. The van der Waals surface area contributed by atoms with Gasteiger partial charge in [0.15, 0.2) is 0 Å². The zero-order valence-corrected chi connectivity index (χ0v) is 47.6. The zero-order valence-electron chi connectivity index (χ0n) is 47.6. The van der Waals surface area contributed by atoms with Crippen molar-refractivity contribution in [2.75, 3.05) is 53.7 Å². The Balaban J connectivity index is -0.00000104. The molecule has 0 spiro atoms. The number of aliphatic hydroxyl groups is 1. The second kappa shape index (κ2) is 68.3. The normalized spacial score (nSPS) is 12.1. The molecule has 0 aromatic heterocycles. The fourth-order valence-electron chi connectivity index (χ4n) is 9.38. The molecule has 0 heterocycles.